The molecule has 0 aromatic carbocycles. The Kier molecular flexibility index (Phi) is 11.8. The molecule has 25 heavy (non-hydrogen) atoms. The van der Waals surface area contributed by atoms with Gasteiger partial charge in [-0.25, -0.2) is 0 Å². The Morgan fingerprint density at radius 3 is 1.44 bits per heavy atom. The molecule has 0 aliphatic rings. The molecule has 5 atom stereocenters. The molecule has 0 aromatic heterocycles. The van der Waals surface area contributed by atoms with Crippen molar-refractivity contribution in [1.29, 1.82) is 0 Å². The van der Waals surface area contributed by atoms with Gasteiger partial charge in [0, 0.05) is 38.9 Å². The summed E-state index contributed by atoms with van der Waals surface area (Å²) in [4.78, 5) is 3.56. The number of nitrogens with one attached hydrogen (secondary N) is 1. The number of hydrogen-bond acceptors (Lipinski definition) is 8. The summed E-state index contributed by atoms with van der Waals surface area (Å²) in [6.07, 6.45) is -1.24. The zero-order valence-electron chi connectivity index (χ0n) is 16.1. The third kappa shape index (κ3) is 12.9. The highest BCUT2D eigenvalue weighted by molar-refractivity contribution is 5.01. The fourth-order valence-electron chi connectivity index (χ4n) is 2.43. The van der Waals surface area contributed by atoms with Crippen molar-refractivity contribution in [2.75, 3.05) is 32.7 Å². The predicted octanol–water partition coefficient (Wildman–Crippen LogP) is -1.12. The molecule has 0 radical (unpaired) electrons. The molecule has 0 saturated heterocycles. The van der Waals surface area contributed by atoms with Gasteiger partial charge < -0.3 is 40.6 Å². The zero-order valence-corrected chi connectivity index (χ0v) is 16.1. The second-order valence-electron chi connectivity index (χ2n) is 7.00. The third-order valence-electron chi connectivity index (χ3n) is 3.19. The van der Waals surface area contributed by atoms with E-state index in [4.69, 9.17) is 0 Å². The second-order valence-corrected chi connectivity index (χ2v) is 7.00. The highest BCUT2D eigenvalue weighted by atomic mass is 16.3. The number of hydrogen-bond donors (Lipinski definition) is 6. The summed E-state index contributed by atoms with van der Waals surface area (Å²) >= 11 is 0. The van der Waals surface area contributed by atoms with Crippen LogP contribution in [-0.2, 0) is 0 Å². The van der Waals surface area contributed by atoms with Crippen LogP contribution in [0.4, 0.5) is 0 Å². The molecule has 0 spiro atoms. The van der Waals surface area contributed by atoms with E-state index in [2.05, 4.69) is 5.32 Å². The minimum atomic E-state index is -0.613. The first-order valence-corrected chi connectivity index (χ1v) is 8.86. The summed E-state index contributed by atoms with van der Waals surface area (Å²) < 4.78 is 0. The van der Waals surface area contributed by atoms with Crippen LogP contribution in [0, 0.1) is 0 Å². The minimum Gasteiger partial charge on any atom is -0.392 e. The van der Waals surface area contributed by atoms with Crippen molar-refractivity contribution >= 4 is 0 Å². The van der Waals surface area contributed by atoms with Gasteiger partial charge in [-0.15, -0.1) is 0 Å². The molecule has 8 heteroatoms. The van der Waals surface area contributed by atoms with Crippen LogP contribution >= 0.6 is 0 Å². The maximum Gasteiger partial charge on any atom is 0.118 e. The average Bonchev–Trinajstić information content (AvgIpc) is 2.39. The van der Waals surface area contributed by atoms with Gasteiger partial charge in [0.2, 0.25) is 0 Å². The van der Waals surface area contributed by atoms with Crippen LogP contribution in [0.15, 0.2) is 12.0 Å². The highest BCUT2D eigenvalue weighted by Crippen LogP contribution is 2.08. The van der Waals surface area contributed by atoms with E-state index in [1.807, 2.05) is 0 Å². The predicted molar refractivity (Wildman–Crippen MR) is 97.6 cm³/mol. The molecule has 0 amide bonds. The molecule has 6 N–H and O–H groups in total. The van der Waals surface area contributed by atoms with Crippen molar-refractivity contribution in [2.45, 2.75) is 65.1 Å². The molecule has 5 unspecified atom stereocenters. The molecule has 8 nitrogen and oxygen atoms in total. The van der Waals surface area contributed by atoms with Crippen molar-refractivity contribution in [1.82, 2.24) is 15.1 Å². The largest absolute Gasteiger partial charge is 0.392 e. The number of aliphatic hydroxyl groups is 5. The molecule has 0 aliphatic carbocycles. The maximum atomic E-state index is 9.77. The van der Waals surface area contributed by atoms with Crippen LogP contribution in [0.2, 0.25) is 0 Å². The van der Waals surface area contributed by atoms with E-state index in [1.165, 1.54) is 0 Å². The van der Waals surface area contributed by atoms with E-state index in [0.717, 1.165) is 0 Å². The Labute approximate surface area is 151 Å². The minimum absolute atomic E-state index is 0.291. The average molecular weight is 363 g/mol. The Morgan fingerprint density at radius 2 is 1.12 bits per heavy atom. The van der Waals surface area contributed by atoms with Crippen LogP contribution in [0.5, 0.6) is 0 Å². The lowest BCUT2D eigenvalue weighted by Crippen LogP contribution is -2.43. The summed E-state index contributed by atoms with van der Waals surface area (Å²) in [6.45, 7) is 9.81. The number of rotatable bonds is 13. The third-order valence-corrected chi connectivity index (χ3v) is 3.19. The summed E-state index contributed by atoms with van der Waals surface area (Å²) in [7, 11) is 0. The first kappa shape index (κ1) is 23.9. The summed E-state index contributed by atoms with van der Waals surface area (Å²) in [5.74, 6) is 0.601. The van der Waals surface area contributed by atoms with E-state index in [-0.39, 0.29) is 0 Å². The molecule has 0 aliphatic heterocycles. The van der Waals surface area contributed by atoms with Gasteiger partial charge in [-0.05, 0) is 34.6 Å². The standard InChI is InChI=1S/C17H37N3O5/c1-12(21)6-18-17(20(9-15(4)24)10-16(5)25)11-19(7-13(2)22)8-14(3)23/h11-16,18,21-25H,6-10H2,1-5H3. The normalized spacial score (nSPS) is 18.2. The molecule has 0 bridgehead atoms. The van der Waals surface area contributed by atoms with Gasteiger partial charge in [-0.2, -0.15) is 0 Å². The number of aliphatic hydroxyl groups excluding tert-OH is 5. The van der Waals surface area contributed by atoms with Crippen LogP contribution in [0.3, 0.4) is 0 Å². The van der Waals surface area contributed by atoms with Crippen molar-refractivity contribution in [3.63, 3.8) is 0 Å². The zero-order chi connectivity index (χ0) is 19.6. The van der Waals surface area contributed by atoms with Crippen molar-refractivity contribution < 1.29 is 25.5 Å². The Bertz CT molecular complexity index is 353. The van der Waals surface area contributed by atoms with Crippen LogP contribution in [0.25, 0.3) is 0 Å². The molecular formula is C17H37N3O5. The quantitative estimate of drug-likeness (QED) is 0.244. The molecule has 0 heterocycles. The van der Waals surface area contributed by atoms with E-state index < -0.39 is 30.5 Å². The summed E-state index contributed by atoms with van der Waals surface area (Å²) in [5.41, 5.74) is 0. The summed E-state index contributed by atoms with van der Waals surface area (Å²) in [5, 5.41) is 51.6. The second kappa shape index (κ2) is 12.3. The van der Waals surface area contributed by atoms with Crippen molar-refractivity contribution in [3.8, 4) is 0 Å². The SMILES string of the molecule is CC(O)CNC(=CN(CC(C)O)CC(C)O)N(CC(C)O)CC(C)O. The molecule has 0 saturated carbocycles. The lowest BCUT2D eigenvalue weighted by molar-refractivity contribution is 0.0877. The molecular weight excluding hydrogens is 326 g/mol. The first-order chi connectivity index (χ1) is 11.5. The molecule has 0 aromatic rings. The van der Waals surface area contributed by atoms with E-state index in [0.29, 0.717) is 38.5 Å². The van der Waals surface area contributed by atoms with Gasteiger partial charge in [0.1, 0.15) is 5.82 Å². The lowest BCUT2D eigenvalue weighted by atomic mass is 10.2. The van der Waals surface area contributed by atoms with E-state index in [9.17, 15) is 25.5 Å². The summed E-state index contributed by atoms with van der Waals surface area (Å²) in [6, 6.07) is 0. The monoisotopic (exact) mass is 363 g/mol. The Hall–Kier alpha value is -1.06. The highest BCUT2D eigenvalue weighted by Gasteiger charge is 2.17. The van der Waals surface area contributed by atoms with E-state index in [1.54, 1.807) is 50.6 Å². The molecule has 0 fully saturated rings. The van der Waals surface area contributed by atoms with Crippen molar-refractivity contribution in [3.05, 3.63) is 12.0 Å². The smallest absolute Gasteiger partial charge is 0.118 e. The molecule has 150 valence electrons. The number of nitrogens with zero attached hydrogens (tertiary/aromatic N) is 2. The van der Waals surface area contributed by atoms with Crippen molar-refractivity contribution in [2.24, 2.45) is 0 Å². The molecule has 0 rings (SSSR count). The fraction of sp³-hybridized carbons (Fsp3) is 0.882. The topological polar surface area (TPSA) is 120 Å². The first-order valence-electron chi connectivity index (χ1n) is 8.86. The fourth-order valence-corrected chi connectivity index (χ4v) is 2.43. The van der Waals surface area contributed by atoms with Gasteiger partial charge in [0.25, 0.3) is 0 Å². The van der Waals surface area contributed by atoms with Gasteiger partial charge in [0.05, 0.1) is 30.5 Å². The van der Waals surface area contributed by atoms with Gasteiger partial charge >= 0.3 is 0 Å². The van der Waals surface area contributed by atoms with Crippen LogP contribution in [0.1, 0.15) is 34.6 Å². The van der Waals surface area contributed by atoms with Gasteiger partial charge in [-0.3, -0.25) is 0 Å². The van der Waals surface area contributed by atoms with Crippen LogP contribution < -0.4 is 5.32 Å². The van der Waals surface area contributed by atoms with Gasteiger partial charge in [-0.1, -0.05) is 0 Å². The maximum absolute atomic E-state index is 9.77. The van der Waals surface area contributed by atoms with Gasteiger partial charge in [0.15, 0.2) is 0 Å². The Morgan fingerprint density at radius 1 is 0.720 bits per heavy atom. The Balaban J connectivity index is 5.52. The van der Waals surface area contributed by atoms with Crippen LogP contribution in [-0.4, -0.2) is 98.6 Å². The van der Waals surface area contributed by atoms with E-state index >= 15 is 0 Å². The lowest BCUT2D eigenvalue weighted by Gasteiger charge is -2.33.